The third-order valence-corrected chi connectivity index (χ3v) is 8.13. The highest BCUT2D eigenvalue weighted by Crippen LogP contribution is 2.33. The number of hydrogen-bond donors (Lipinski definition) is 1. The van der Waals surface area contributed by atoms with Crippen molar-refractivity contribution >= 4 is 56.4 Å². The number of piperidine rings is 1. The molecule has 1 heterocycles. The molecule has 0 spiro atoms. The van der Waals surface area contributed by atoms with Crippen LogP contribution in [0.15, 0.2) is 41.3 Å². The fourth-order valence-electron chi connectivity index (χ4n) is 3.19. The standard InChI is InChI=1S/C19H19Cl3N2O3S/c1-12-14(20)4-3-7-17(12)23-19(25)13-8-10-24(11-9-13)28(26,27)18-15(21)5-2-6-16(18)22/h2-7,13H,8-11H2,1H3,(H,23,25). The van der Waals surface area contributed by atoms with Crippen molar-refractivity contribution < 1.29 is 13.2 Å². The SMILES string of the molecule is Cc1c(Cl)cccc1NC(=O)C1CCN(S(=O)(=O)c2c(Cl)cccc2Cl)CC1. The molecule has 1 aliphatic rings. The fraction of sp³-hybridized carbons (Fsp3) is 0.316. The highest BCUT2D eigenvalue weighted by molar-refractivity contribution is 7.89. The van der Waals surface area contributed by atoms with Gasteiger partial charge in [-0.05, 0) is 49.6 Å². The molecule has 0 aromatic heterocycles. The Kier molecular flexibility index (Phi) is 6.57. The van der Waals surface area contributed by atoms with Gasteiger partial charge in [0.15, 0.2) is 0 Å². The van der Waals surface area contributed by atoms with Crippen LogP contribution in [0.5, 0.6) is 0 Å². The Morgan fingerprint density at radius 1 is 1.00 bits per heavy atom. The number of nitrogens with one attached hydrogen (secondary N) is 1. The molecule has 1 aliphatic heterocycles. The molecule has 0 aliphatic carbocycles. The molecule has 0 bridgehead atoms. The summed E-state index contributed by atoms with van der Waals surface area (Å²) in [4.78, 5) is 12.5. The average molecular weight is 462 g/mol. The summed E-state index contributed by atoms with van der Waals surface area (Å²) in [5.74, 6) is -0.426. The van der Waals surface area contributed by atoms with E-state index in [1.807, 2.05) is 6.92 Å². The number of carbonyl (C=O) groups excluding carboxylic acids is 1. The second-order valence-corrected chi connectivity index (χ2v) is 9.73. The maximum Gasteiger partial charge on any atom is 0.246 e. The molecule has 3 rings (SSSR count). The quantitative estimate of drug-likeness (QED) is 0.697. The van der Waals surface area contributed by atoms with Crippen molar-refractivity contribution in [1.82, 2.24) is 4.31 Å². The van der Waals surface area contributed by atoms with Gasteiger partial charge >= 0.3 is 0 Å². The first kappa shape index (κ1) is 21.4. The molecule has 0 saturated carbocycles. The number of rotatable bonds is 4. The number of hydrogen-bond acceptors (Lipinski definition) is 3. The Hall–Kier alpha value is -1.31. The summed E-state index contributed by atoms with van der Waals surface area (Å²) in [5, 5.41) is 3.64. The summed E-state index contributed by atoms with van der Waals surface area (Å²) >= 11 is 18.2. The van der Waals surface area contributed by atoms with E-state index in [4.69, 9.17) is 34.8 Å². The lowest BCUT2D eigenvalue weighted by molar-refractivity contribution is -0.120. The van der Waals surface area contributed by atoms with Crippen molar-refractivity contribution in [2.75, 3.05) is 18.4 Å². The summed E-state index contributed by atoms with van der Waals surface area (Å²) < 4.78 is 27.2. The van der Waals surface area contributed by atoms with Gasteiger partial charge in [-0.15, -0.1) is 0 Å². The molecule has 1 saturated heterocycles. The number of sulfonamides is 1. The van der Waals surface area contributed by atoms with Crippen molar-refractivity contribution in [1.29, 1.82) is 0 Å². The van der Waals surface area contributed by atoms with Gasteiger partial charge < -0.3 is 5.32 Å². The van der Waals surface area contributed by atoms with Gasteiger partial charge in [-0.2, -0.15) is 4.31 Å². The van der Waals surface area contributed by atoms with Crippen LogP contribution in [0.1, 0.15) is 18.4 Å². The first-order valence-electron chi connectivity index (χ1n) is 8.72. The minimum absolute atomic E-state index is 0.0869. The van der Waals surface area contributed by atoms with Gasteiger partial charge in [0.1, 0.15) is 4.90 Å². The minimum atomic E-state index is -3.82. The number of carbonyl (C=O) groups is 1. The normalized spacial score (nSPS) is 16.1. The summed E-state index contributed by atoms with van der Waals surface area (Å²) in [5.41, 5.74) is 1.46. The molecule has 0 unspecified atom stereocenters. The van der Waals surface area contributed by atoms with Crippen LogP contribution < -0.4 is 5.32 Å². The Balaban J connectivity index is 1.69. The summed E-state index contributed by atoms with van der Waals surface area (Å²) in [6, 6.07) is 9.90. The smallest absolute Gasteiger partial charge is 0.246 e. The Labute approximate surface area is 179 Å². The lowest BCUT2D eigenvalue weighted by Crippen LogP contribution is -2.41. The van der Waals surface area contributed by atoms with Crippen molar-refractivity contribution in [3.05, 3.63) is 57.0 Å². The maximum atomic E-state index is 12.9. The molecule has 5 nitrogen and oxygen atoms in total. The zero-order valence-electron chi connectivity index (χ0n) is 15.1. The van der Waals surface area contributed by atoms with E-state index in [1.165, 1.54) is 16.4 Å². The van der Waals surface area contributed by atoms with Crippen molar-refractivity contribution in [3.63, 3.8) is 0 Å². The number of benzene rings is 2. The predicted octanol–water partition coefficient (Wildman–Crippen LogP) is 4.99. The van der Waals surface area contributed by atoms with Crippen LogP contribution in [0.2, 0.25) is 15.1 Å². The molecule has 2 aromatic rings. The number of nitrogens with zero attached hydrogens (tertiary/aromatic N) is 1. The van der Waals surface area contributed by atoms with Crippen molar-refractivity contribution in [2.24, 2.45) is 5.92 Å². The van der Waals surface area contributed by atoms with E-state index < -0.39 is 10.0 Å². The molecule has 28 heavy (non-hydrogen) atoms. The first-order chi connectivity index (χ1) is 13.2. The van der Waals surface area contributed by atoms with Crippen LogP contribution >= 0.6 is 34.8 Å². The lowest BCUT2D eigenvalue weighted by atomic mass is 9.97. The topological polar surface area (TPSA) is 66.5 Å². The Morgan fingerprint density at radius 3 is 2.14 bits per heavy atom. The predicted molar refractivity (Wildman–Crippen MR) is 113 cm³/mol. The molecule has 2 aromatic carbocycles. The summed E-state index contributed by atoms with van der Waals surface area (Å²) in [6.07, 6.45) is 0.819. The Bertz CT molecular complexity index is 983. The third-order valence-electron chi connectivity index (χ3n) is 4.87. The van der Waals surface area contributed by atoms with E-state index in [0.717, 1.165) is 5.56 Å². The number of amides is 1. The van der Waals surface area contributed by atoms with Crippen LogP contribution in [0.4, 0.5) is 5.69 Å². The van der Waals surface area contributed by atoms with E-state index in [9.17, 15) is 13.2 Å². The molecule has 1 N–H and O–H groups in total. The largest absolute Gasteiger partial charge is 0.326 e. The van der Waals surface area contributed by atoms with Gasteiger partial charge in [0, 0.05) is 29.7 Å². The van der Waals surface area contributed by atoms with Crippen LogP contribution in [-0.2, 0) is 14.8 Å². The van der Waals surface area contributed by atoms with Crippen molar-refractivity contribution in [3.8, 4) is 0 Å². The van der Waals surface area contributed by atoms with E-state index in [2.05, 4.69) is 5.32 Å². The zero-order valence-corrected chi connectivity index (χ0v) is 18.2. The molecule has 9 heteroatoms. The minimum Gasteiger partial charge on any atom is -0.326 e. The van der Waals surface area contributed by atoms with E-state index >= 15 is 0 Å². The molecular weight excluding hydrogens is 443 g/mol. The van der Waals surface area contributed by atoms with Gasteiger partial charge in [0.2, 0.25) is 15.9 Å². The van der Waals surface area contributed by atoms with Gasteiger partial charge in [-0.1, -0.05) is 46.9 Å². The molecule has 1 fully saturated rings. The fourth-order valence-corrected chi connectivity index (χ4v) is 5.93. The van der Waals surface area contributed by atoms with Crippen LogP contribution in [0.25, 0.3) is 0 Å². The van der Waals surface area contributed by atoms with E-state index in [-0.39, 0.29) is 39.9 Å². The highest BCUT2D eigenvalue weighted by Gasteiger charge is 2.34. The third kappa shape index (κ3) is 4.31. The first-order valence-corrected chi connectivity index (χ1v) is 11.3. The highest BCUT2D eigenvalue weighted by atomic mass is 35.5. The van der Waals surface area contributed by atoms with Gasteiger partial charge in [-0.3, -0.25) is 4.79 Å². The number of anilines is 1. The van der Waals surface area contributed by atoms with E-state index in [1.54, 1.807) is 24.3 Å². The molecular formula is C19H19Cl3N2O3S. The molecule has 0 radical (unpaired) electrons. The Morgan fingerprint density at radius 2 is 1.54 bits per heavy atom. The van der Waals surface area contributed by atoms with E-state index in [0.29, 0.717) is 23.6 Å². The summed E-state index contributed by atoms with van der Waals surface area (Å²) in [6.45, 7) is 2.27. The lowest BCUT2D eigenvalue weighted by Gasteiger charge is -2.31. The van der Waals surface area contributed by atoms with Crippen LogP contribution in [0, 0.1) is 12.8 Å². The number of halogens is 3. The average Bonchev–Trinajstić information content (AvgIpc) is 2.65. The molecule has 0 atom stereocenters. The zero-order chi connectivity index (χ0) is 20.5. The van der Waals surface area contributed by atoms with Gasteiger partial charge in [-0.25, -0.2) is 8.42 Å². The van der Waals surface area contributed by atoms with Crippen LogP contribution in [-0.4, -0.2) is 31.7 Å². The van der Waals surface area contributed by atoms with Crippen LogP contribution in [0.3, 0.4) is 0 Å². The second-order valence-electron chi connectivity index (χ2n) is 6.63. The maximum absolute atomic E-state index is 12.9. The van der Waals surface area contributed by atoms with Crippen molar-refractivity contribution in [2.45, 2.75) is 24.7 Å². The molecule has 150 valence electrons. The second kappa shape index (κ2) is 8.59. The van der Waals surface area contributed by atoms with Gasteiger partial charge in [0.25, 0.3) is 0 Å². The molecule has 1 amide bonds. The van der Waals surface area contributed by atoms with Gasteiger partial charge in [0.05, 0.1) is 10.0 Å². The summed E-state index contributed by atoms with van der Waals surface area (Å²) in [7, 11) is -3.82. The monoisotopic (exact) mass is 460 g/mol.